The molecule has 0 atom stereocenters. The molecule has 0 unspecified atom stereocenters. The summed E-state index contributed by atoms with van der Waals surface area (Å²) in [6.07, 6.45) is 1.91. The van der Waals surface area contributed by atoms with Crippen LogP contribution in [0.5, 0.6) is 11.5 Å². The number of benzene rings is 6. The fraction of sp³-hybridized carbons (Fsp3) is 0.300. The van der Waals surface area contributed by atoms with Crippen LogP contribution in [0.4, 0.5) is 22.7 Å². The summed E-state index contributed by atoms with van der Waals surface area (Å²) >= 11 is 0. The molecule has 8 aromatic rings. The van der Waals surface area contributed by atoms with Gasteiger partial charge in [0.25, 0.3) is 0 Å². The molecule has 6 heteroatoms. The third kappa shape index (κ3) is 8.84. The van der Waals surface area contributed by atoms with E-state index in [2.05, 4.69) is 238 Å². The average molecular weight is 1050 g/mol. The summed E-state index contributed by atoms with van der Waals surface area (Å²) in [5, 5.41) is 2.24. The number of ether oxygens (including phenoxy) is 1. The van der Waals surface area contributed by atoms with Crippen molar-refractivity contribution in [1.29, 1.82) is 0 Å². The molecule has 0 fully saturated rings. The molecule has 5 nitrogen and oxygen atoms in total. The van der Waals surface area contributed by atoms with Gasteiger partial charge in [-0.2, -0.15) is 6.07 Å². The van der Waals surface area contributed by atoms with Gasteiger partial charge in [-0.3, -0.25) is 0 Å². The predicted molar refractivity (Wildman–Crippen MR) is 274 cm³/mol. The molecule has 2 aromatic heterocycles. The van der Waals surface area contributed by atoms with E-state index in [4.69, 9.17) is 9.72 Å². The Kier molecular flexibility index (Phi) is 12.5. The molecule has 342 valence electrons. The summed E-state index contributed by atoms with van der Waals surface area (Å²) in [6, 6.07) is 51.6. The third-order valence-corrected chi connectivity index (χ3v) is 13.0. The third-order valence-electron chi connectivity index (χ3n) is 13.0. The summed E-state index contributed by atoms with van der Waals surface area (Å²) in [5.41, 5.74) is 14.9. The molecule has 0 spiro atoms. The maximum Gasteiger partial charge on any atom is 0.135 e. The van der Waals surface area contributed by atoms with Gasteiger partial charge in [0, 0.05) is 61.3 Å². The number of pyridine rings is 1. The van der Waals surface area contributed by atoms with E-state index in [9.17, 15) is 0 Å². The molecule has 9 rings (SSSR count). The van der Waals surface area contributed by atoms with Crippen LogP contribution in [-0.2, 0) is 37.3 Å². The maximum absolute atomic E-state index is 6.89. The number of para-hydroxylation sites is 1. The van der Waals surface area contributed by atoms with Gasteiger partial charge < -0.3 is 19.1 Å². The maximum atomic E-state index is 6.89. The van der Waals surface area contributed by atoms with Crippen LogP contribution >= 0.6 is 0 Å². The molecule has 66 heavy (non-hydrogen) atoms. The second-order valence-electron chi connectivity index (χ2n) is 21.5. The van der Waals surface area contributed by atoms with Crippen LogP contribution in [0.15, 0.2) is 128 Å². The number of hydrogen-bond acceptors (Lipinski definition) is 4. The zero-order valence-corrected chi connectivity index (χ0v) is 43.1. The molecule has 0 bridgehead atoms. The quantitative estimate of drug-likeness (QED) is 0.142. The first kappa shape index (κ1) is 46.9. The molecule has 1 aliphatic rings. The van der Waals surface area contributed by atoms with Gasteiger partial charge in [-0.05, 0) is 109 Å². The average Bonchev–Trinajstić information content (AvgIpc) is 3.81. The monoisotopic (exact) mass is 1050 g/mol. The van der Waals surface area contributed by atoms with Gasteiger partial charge in [0.05, 0.1) is 0 Å². The van der Waals surface area contributed by atoms with Gasteiger partial charge in [0.1, 0.15) is 5.82 Å². The van der Waals surface area contributed by atoms with Crippen LogP contribution in [0.25, 0.3) is 38.8 Å². The number of anilines is 4. The van der Waals surface area contributed by atoms with Gasteiger partial charge in [-0.1, -0.05) is 150 Å². The van der Waals surface area contributed by atoms with Gasteiger partial charge in [0.15, 0.2) is 0 Å². The van der Waals surface area contributed by atoms with Crippen molar-refractivity contribution in [2.45, 2.75) is 118 Å². The standard InChI is InChI=1S/C60H63N4O.Pt/c1-38(2)48-21-17-22-49(39(3)4)57(48)40-18-16-19-44(30-40)62-37-63(55-33-41(58(5,6)7)24-27-53(55)62)45-31-43(60(11,12)13)32-47(35-45)65-46-25-26-51-50-20-14-15-23-52(50)64(54(51)36-46)56-34-42(28-29-61-56)59(8,9)10;/h14-34,37-39H,1-13H3;/q-3;. The van der Waals surface area contributed by atoms with Gasteiger partial charge >= 0.3 is 0 Å². The smallest absolute Gasteiger partial charge is 0.135 e. The van der Waals surface area contributed by atoms with Crippen molar-refractivity contribution in [3.05, 3.63) is 174 Å². The first-order valence-corrected chi connectivity index (χ1v) is 23.3. The molecule has 0 saturated carbocycles. The normalized spacial score (nSPS) is 13.3. The summed E-state index contributed by atoms with van der Waals surface area (Å²) in [4.78, 5) is 9.52. The fourth-order valence-corrected chi connectivity index (χ4v) is 9.16. The van der Waals surface area contributed by atoms with Crippen molar-refractivity contribution in [2.75, 3.05) is 9.80 Å². The van der Waals surface area contributed by atoms with Crippen LogP contribution in [0.3, 0.4) is 0 Å². The Morgan fingerprint density at radius 3 is 1.91 bits per heavy atom. The zero-order chi connectivity index (χ0) is 46.2. The molecule has 1 aliphatic heterocycles. The van der Waals surface area contributed by atoms with E-state index in [1.54, 1.807) is 0 Å². The molecule has 0 N–H and O–H groups in total. The minimum Gasteiger partial charge on any atom is -0.509 e. The van der Waals surface area contributed by atoms with Crippen molar-refractivity contribution in [3.8, 4) is 28.4 Å². The van der Waals surface area contributed by atoms with E-state index in [-0.39, 0.29) is 37.3 Å². The summed E-state index contributed by atoms with van der Waals surface area (Å²) in [6.45, 7) is 31.7. The van der Waals surface area contributed by atoms with E-state index in [0.717, 1.165) is 55.9 Å². The van der Waals surface area contributed by atoms with Gasteiger partial charge in [-0.15, -0.1) is 53.6 Å². The first-order chi connectivity index (χ1) is 30.8. The Morgan fingerprint density at radius 2 is 1.23 bits per heavy atom. The second kappa shape index (κ2) is 17.5. The van der Waals surface area contributed by atoms with E-state index in [0.29, 0.717) is 23.3 Å². The zero-order valence-electron chi connectivity index (χ0n) is 40.9. The largest absolute Gasteiger partial charge is 0.509 e. The topological polar surface area (TPSA) is 33.5 Å². The molecule has 6 aromatic carbocycles. The van der Waals surface area contributed by atoms with Crippen LogP contribution in [-0.4, -0.2) is 9.55 Å². The van der Waals surface area contributed by atoms with Gasteiger partial charge in [0.2, 0.25) is 0 Å². The minimum atomic E-state index is -0.173. The number of rotatable bonds is 8. The number of aromatic nitrogens is 2. The van der Waals surface area contributed by atoms with E-state index in [1.807, 2.05) is 12.3 Å². The second-order valence-corrected chi connectivity index (χ2v) is 21.5. The van der Waals surface area contributed by atoms with Crippen LogP contribution in [0, 0.1) is 18.8 Å². The Balaban J connectivity index is 0.00000592. The molecule has 0 aliphatic carbocycles. The van der Waals surface area contributed by atoms with Crippen LogP contribution in [0.2, 0.25) is 0 Å². The molecule has 3 heterocycles. The summed E-state index contributed by atoms with van der Waals surface area (Å²) in [7, 11) is 0. The van der Waals surface area contributed by atoms with Crippen molar-refractivity contribution in [1.82, 2.24) is 9.55 Å². The summed E-state index contributed by atoms with van der Waals surface area (Å²) in [5.74, 6) is 2.90. The number of fused-ring (bicyclic) bond motifs is 4. The van der Waals surface area contributed by atoms with Crippen molar-refractivity contribution < 1.29 is 25.8 Å². The molecule has 0 amide bonds. The Labute approximate surface area is 408 Å². The Hall–Kier alpha value is -5.64. The molecular formula is C60H63N4OPt-3. The molecular weight excluding hydrogens is 988 g/mol. The molecule has 0 radical (unpaired) electrons. The molecule has 0 saturated heterocycles. The predicted octanol–water partition coefficient (Wildman–Crippen LogP) is 16.8. The number of nitrogens with zero attached hydrogens (tertiary/aromatic N) is 4. The summed E-state index contributed by atoms with van der Waals surface area (Å²) < 4.78 is 9.10. The fourth-order valence-electron chi connectivity index (χ4n) is 9.16. The Morgan fingerprint density at radius 1 is 0.561 bits per heavy atom. The van der Waals surface area contributed by atoms with Crippen molar-refractivity contribution >= 4 is 44.6 Å². The first-order valence-electron chi connectivity index (χ1n) is 23.3. The SMILES string of the molecule is CC(C)c1cccc(C(C)C)c1-c1cccc(N2[CH-]N(c3[c-]c(Oc4[c-]c5c(cc4)c4ccccc4n5-c4cc(C(C)(C)C)ccn4)cc(C(C)(C)C)c3)c3cc(C(C)(C)C)ccc32)c1.[Pt]. The Bertz CT molecular complexity index is 3060. The van der Waals surface area contributed by atoms with Gasteiger partial charge in [-0.25, -0.2) is 4.98 Å². The number of hydrogen-bond donors (Lipinski definition) is 0. The van der Waals surface area contributed by atoms with Crippen LogP contribution < -0.4 is 14.5 Å². The van der Waals surface area contributed by atoms with E-state index >= 15 is 0 Å². The minimum absolute atomic E-state index is 0. The van der Waals surface area contributed by atoms with E-state index in [1.165, 1.54) is 33.4 Å². The van der Waals surface area contributed by atoms with Crippen molar-refractivity contribution in [2.24, 2.45) is 0 Å². The van der Waals surface area contributed by atoms with Crippen LogP contribution in [0.1, 0.15) is 130 Å². The van der Waals surface area contributed by atoms with Crippen molar-refractivity contribution in [3.63, 3.8) is 0 Å². The van der Waals surface area contributed by atoms with E-state index < -0.39 is 0 Å².